The van der Waals surface area contributed by atoms with E-state index < -0.39 is 5.97 Å². The van der Waals surface area contributed by atoms with Gasteiger partial charge in [0.15, 0.2) is 6.61 Å². The third-order valence-electron chi connectivity index (χ3n) is 3.64. The summed E-state index contributed by atoms with van der Waals surface area (Å²) in [6.07, 6.45) is 4.03. The van der Waals surface area contributed by atoms with Crippen LogP contribution in [-0.4, -0.2) is 28.8 Å². The van der Waals surface area contributed by atoms with Crippen LogP contribution in [0.3, 0.4) is 0 Å². The van der Waals surface area contributed by atoms with Gasteiger partial charge in [-0.3, -0.25) is 0 Å². The van der Waals surface area contributed by atoms with Crippen LogP contribution >= 0.6 is 11.6 Å². The number of aromatic nitrogens is 1. The van der Waals surface area contributed by atoms with Crippen molar-refractivity contribution in [2.45, 2.75) is 45.6 Å². The van der Waals surface area contributed by atoms with Crippen LogP contribution in [-0.2, 0) is 9.53 Å². The second kappa shape index (κ2) is 8.73. The second-order valence-corrected chi connectivity index (χ2v) is 6.10. The molecule has 0 saturated heterocycles. The monoisotopic (exact) mass is 351 g/mol. The lowest BCUT2D eigenvalue weighted by molar-refractivity contribution is -0.151. The molecular weight excluding hydrogens is 330 g/mol. The van der Waals surface area contributed by atoms with Crippen LogP contribution in [0, 0.1) is 0 Å². The van der Waals surface area contributed by atoms with Gasteiger partial charge in [-0.25, -0.2) is 9.78 Å². The third-order valence-corrected chi connectivity index (χ3v) is 3.97. The van der Waals surface area contributed by atoms with Crippen molar-refractivity contribution in [2.24, 2.45) is 0 Å². The highest BCUT2D eigenvalue weighted by Gasteiger charge is 2.12. The Morgan fingerprint density at radius 2 is 2.08 bits per heavy atom. The molecule has 1 aromatic heterocycles. The number of carbonyl (C=O) groups is 1. The minimum absolute atomic E-state index is 0.00646. The molecule has 1 aromatic carbocycles. The molecule has 6 heteroatoms. The number of phenolic OH excluding ortho intramolecular Hbond substituents is 1. The largest absolute Gasteiger partial charge is 0.506 e. The lowest BCUT2D eigenvalue weighted by atomic mass is 10.1. The molecule has 2 rings (SSSR count). The molecule has 1 unspecified atom stereocenters. The molecule has 0 spiro atoms. The van der Waals surface area contributed by atoms with E-state index in [0.29, 0.717) is 15.9 Å². The minimum atomic E-state index is -0.434. The lowest BCUT2D eigenvalue weighted by Gasteiger charge is -2.13. The van der Waals surface area contributed by atoms with Crippen molar-refractivity contribution in [3.63, 3.8) is 0 Å². The van der Waals surface area contributed by atoms with Gasteiger partial charge in [-0.05, 0) is 38.0 Å². The van der Waals surface area contributed by atoms with Gasteiger partial charge in [0.25, 0.3) is 0 Å². The van der Waals surface area contributed by atoms with E-state index in [1.54, 1.807) is 18.2 Å². The number of nitrogens with zero attached hydrogens (tertiary/aromatic N) is 1. The normalized spacial score (nSPS) is 12.1. The van der Waals surface area contributed by atoms with Crippen molar-refractivity contribution in [1.82, 2.24) is 4.98 Å². The van der Waals surface area contributed by atoms with Crippen LogP contribution in [0.5, 0.6) is 11.6 Å². The van der Waals surface area contributed by atoms with Gasteiger partial charge in [0.05, 0.1) is 11.1 Å². The molecule has 0 bridgehead atoms. The number of phenols is 1. The first kappa shape index (κ1) is 18.3. The van der Waals surface area contributed by atoms with E-state index in [4.69, 9.17) is 21.1 Å². The summed E-state index contributed by atoms with van der Waals surface area (Å²) in [5.41, 5.74) is 0.335. The van der Waals surface area contributed by atoms with Gasteiger partial charge in [0.2, 0.25) is 5.88 Å². The molecule has 1 N–H and O–H groups in total. The summed E-state index contributed by atoms with van der Waals surface area (Å²) in [7, 11) is 0. The maximum absolute atomic E-state index is 11.8. The summed E-state index contributed by atoms with van der Waals surface area (Å²) in [6.45, 7) is 3.78. The highest BCUT2D eigenvalue weighted by atomic mass is 35.5. The average Bonchev–Trinajstić information content (AvgIpc) is 2.56. The molecule has 0 saturated carbocycles. The quantitative estimate of drug-likeness (QED) is 0.560. The maximum atomic E-state index is 11.8. The zero-order valence-corrected chi connectivity index (χ0v) is 14.7. The van der Waals surface area contributed by atoms with Gasteiger partial charge < -0.3 is 14.6 Å². The molecule has 1 atom stereocenters. The molecule has 24 heavy (non-hydrogen) atoms. The fourth-order valence-corrected chi connectivity index (χ4v) is 2.58. The highest BCUT2D eigenvalue weighted by molar-refractivity contribution is 6.35. The molecule has 130 valence electrons. The lowest BCUT2D eigenvalue weighted by Crippen LogP contribution is -2.21. The number of pyridine rings is 1. The number of rotatable bonds is 8. The van der Waals surface area contributed by atoms with E-state index in [9.17, 15) is 9.90 Å². The van der Waals surface area contributed by atoms with E-state index in [2.05, 4.69) is 11.9 Å². The summed E-state index contributed by atoms with van der Waals surface area (Å²) < 4.78 is 10.6. The van der Waals surface area contributed by atoms with E-state index in [1.165, 1.54) is 6.07 Å². The van der Waals surface area contributed by atoms with E-state index >= 15 is 0 Å². The molecule has 2 aromatic rings. The first-order chi connectivity index (χ1) is 11.5. The molecule has 0 aliphatic heterocycles. The maximum Gasteiger partial charge on any atom is 0.344 e. The fourth-order valence-electron chi connectivity index (χ4n) is 2.36. The zero-order chi connectivity index (χ0) is 17.5. The van der Waals surface area contributed by atoms with Crippen LogP contribution in [0.25, 0.3) is 10.9 Å². The average molecular weight is 352 g/mol. The predicted molar refractivity (Wildman–Crippen MR) is 93.6 cm³/mol. The Bertz CT molecular complexity index is 705. The van der Waals surface area contributed by atoms with Gasteiger partial charge in [-0.1, -0.05) is 31.4 Å². The Kier molecular flexibility index (Phi) is 6.67. The molecule has 0 fully saturated rings. The van der Waals surface area contributed by atoms with Crippen molar-refractivity contribution in [2.75, 3.05) is 6.61 Å². The smallest absolute Gasteiger partial charge is 0.344 e. The number of hydrogen-bond acceptors (Lipinski definition) is 5. The number of aromatic hydroxyl groups is 1. The molecule has 0 radical (unpaired) electrons. The van der Waals surface area contributed by atoms with Gasteiger partial charge in [0, 0.05) is 11.5 Å². The number of benzene rings is 1. The number of unbranched alkanes of at least 4 members (excludes halogenated alkanes) is 2. The predicted octanol–water partition coefficient (Wildman–Crippen LogP) is 4.48. The van der Waals surface area contributed by atoms with Crippen LogP contribution in [0.15, 0.2) is 24.3 Å². The second-order valence-electron chi connectivity index (χ2n) is 5.70. The van der Waals surface area contributed by atoms with Crippen molar-refractivity contribution >= 4 is 28.5 Å². The number of hydrogen-bond donors (Lipinski definition) is 1. The Balaban J connectivity index is 1.91. The van der Waals surface area contributed by atoms with Crippen molar-refractivity contribution in [1.29, 1.82) is 0 Å². The van der Waals surface area contributed by atoms with E-state index in [0.717, 1.165) is 25.7 Å². The van der Waals surface area contributed by atoms with Gasteiger partial charge >= 0.3 is 5.97 Å². The Morgan fingerprint density at radius 1 is 1.29 bits per heavy atom. The van der Waals surface area contributed by atoms with Crippen LogP contribution in [0.1, 0.15) is 39.5 Å². The number of fused-ring (bicyclic) bond motifs is 1. The van der Waals surface area contributed by atoms with Crippen LogP contribution in [0.4, 0.5) is 0 Å². The number of carbonyl (C=O) groups excluding carboxylic acids is 1. The zero-order valence-electron chi connectivity index (χ0n) is 13.9. The fraction of sp³-hybridized carbons (Fsp3) is 0.444. The number of ether oxygens (including phenoxy) is 2. The van der Waals surface area contributed by atoms with Gasteiger partial charge in [0.1, 0.15) is 11.3 Å². The number of esters is 1. The molecule has 1 heterocycles. The molecule has 5 nitrogen and oxygen atoms in total. The number of halogens is 1. The van der Waals surface area contributed by atoms with Crippen molar-refractivity contribution in [3.05, 3.63) is 29.3 Å². The topological polar surface area (TPSA) is 68.7 Å². The first-order valence-electron chi connectivity index (χ1n) is 8.11. The summed E-state index contributed by atoms with van der Waals surface area (Å²) in [5.74, 6) is -0.196. The van der Waals surface area contributed by atoms with Gasteiger partial charge in [-0.15, -0.1) is 0 Å². The molecule has 0 aliphatic carbocycles. The minimum Gasteiger partial charge on any atom is -0.506 e. The third kappa shape index (κ3) is 4.99. The van der Waals surface area contributed by atoms with E-state index in [1.807, 2.05) is 6.92 Å². The SMILES string of the molecule is CCCCCC(C)OC(=O)COc1ccc2c(Cl)ccc(O)c2n1. The summed E-state index contributed by atoms with van der Waals surface area (Å²) in [6, 6.07) is 6.36. The Hall–Kier alpha value is -2.01. The summed E-state index contributed by atoms with van der Waals surface area (Å²) in [4.78, 5) is 16.0. The molecule has 0 amide bonds. The molecular formula is C18H22ClNO4. The Morgan fingerprint density at radius 3 is 2.83 bits per heavy atom. The van der Waals surface area contributed by atoms with Gasteiger partial charge in [-0.2, -0.15) is 0 Å². The first-order valence-corrected chi connectivity index (χ1v) is 8.49. The summed E-state index contributed by atoms with van der Waals surface area (Å²) >= 11 is 6.05. The van der Waals surface area contributed by atoms with Crippen molar-refractivity contribution in [3.8, 4) is 11.6 Å². The standard InChI is InChI=1S/C18H22ClNO4/c1-3-4-5-6-12(2)24-17(22)11-23-16-10-7-13-14(19)8-9-15(21)18(13)20-16/h7-10,12,21H,3-6,11H2,1-2H3. The molecule has 0 aliphatic rings. The van der Waals surface area contributed by atoms with Crippen LogP contribution in [0.2, 0.25) is 5.02 Å². The van der Waals surface area contributed by atoms with Crippen molar-refractivity contribution < 1.29 is 19.4 Å². The summed E-state index contributed by atoms with van der Waals surface area (Å²) in [5, 5.41) is 11.0. The Labute approximate surface area is 146 Å². The van der Waals surface area contributed by atoms with Crippen LogP contribution < -0.4 is 4.74 Å². The van der Waals surface area contributed by atoms with E-state index in [-0.39, 0.29) is 24.3 Å². The highest BCUT2D eigenvalue weighted by Crippen LogP contribution is 2.30.